The highest BCUT2D eigenvalue weighted by Gasteiger charge is 2.17. The van der Waals surface area contributed by atoms with Gasteiger partial charge in [0, 0.05) is 16.5 Å². The number of hydrogen-bond donors (Lipinski definition) is 2. The Morgan fingerprint density at radius 2 is 1.94 bits per heavy atom. The Labute approximate surface area is 106 Å². The summed E-state index contributed by atoms with van der Waals surface area (Å²) < 4.78 is 13.2. The first-order valence-corrected chi connectivity index (χ1v) is 6.72. The summed E-state index contributed by atoms with van der Waals surface area (Å²) in [6, 6.07) is 4.48. The van der Waals surface area contributed by atoms with Gasteiger partial charge in [-0.1, -0.05) is 32.9 Å². The van der Waals surface area contributed by atoms with E-state index in [4.69, 9.17) is 10.0 Å². The van der Waals surface area contributed by atoms with Gasteiger partial charge in [0.15, 0.2) is 0 Å². The minimum absolute atomic E-state index is 0.0553. The minimum Gasteiger partial charge on any atom is -0.423 e. The maximum Gasteiger partial charge on any atom is 0.491 e. The molecule has 0 heterocycles. The van der Waals surface area contributed by atoms with Crippen LogP contribution in [0.3, 0.4) is 0 Å². The fourth-order valence-corrected chi connectivity index (χ4v) is 2.32. The molecule has 2 N–H and O–H groups in total. The highest BCUT2D eigenvalue weighted by molar-refractivity contribution is 7.99. The summed E-state index contributed by atoms with van der Waals surface area (Å²) in [4.78, 5) is 0. The van der Waals surface area contributed by atoms with Crippen LogP contribution in [0.1, 0.15) is 26.3 Å². The van der Waals surface area contributed by atoms with Gasteiger partial charge in [0.25, 0.3) is 0 Å². The number of rotatable bonds is 5. The van der Waals surface area contributed by atoms with E-state index in [9.17, 15) is 4.39 Å². The van der Waals surface area contributed by atoms with Crippen LogP contribution in [0.5, 0.6) is 0 Å². The van der Waals surface area contributed by atoms with Crippen molar-refractivity contribution in [2.75, 3.05) is 0 Å². The second-order valence-corrected chi connectivity index (χ2v) is 5.86. The zero-order valence-corrected chi connectivity index (χ0v) is 11.2. The predicted octanol–water partition coefficient (Wildman–Crippen LogP) is 1.78. The van der Waals surface area contributed by atoms with Gasteiger partial charge in [-0.25, -0.2) is 4.39 Å². The van der Waals surface area contributed by atoms with Gasteiger partial charge in [-0.3, -0.25) is 0 Å². The quantitative estimate of drug-likeness (QED) is 0.789. The van der Waals surface area contributed by atoms with Gasteiger partial charge in [-0.05, 0) is 17.5 Å². The van der Waals surface area contributed by atoms with Crippen LogP contribution in [-0.2, 0) is 5.75 Å². The molecule has 0 saturated heterocycles. The highest BCUT2D eigenvalue weighted by atomic mass is 32.2. The van der Waals surface area contributed by atoms with E-state index in [1.165, 1.54) is 12.1 Å². The fourth-order valence-electron chi connectivity index (χ4n) is 1.30. The van der Waals surface area contributed by atoms with Gasteiger partial charge in [0.1, 0.15) is 5.82 Å². The molecule has 1 atom stereocenters. The largest absolute Gasteiger partial charge is 0.491 e. The number of thioether (sulfide) groups is 1. The molecule has 1 unspecified atom stereocenters. The molecule has 1 aromatic carbocycles. The molecule has 2 nitrogen and oxygen atoms in total. The SMILES string of the molecule is CC(C)C(C)SCc1ccc(F)c(B(O)O)c1. The molecule has 0 amide bonds. The minimum atomic E-state index is -1.75. The van der Waals surface area contributed by atoms with E-state index in [1.54, 1.807) is 17.8 Å². The van der Waals surface area contributed by atoms with E-state index in [2.05, 4.69) is 20.8 Å². The molecule has 0 aromatic heterocycles. The molecule has 1 aromatic rings. The van der Waals surface area contributed by atoms with Crippen LogP contribution in [0.25, 0.3) is 0 Å². The zero-order chi connectivity index (χ0) is 13.0. The summed E-state index contributed by atoms with van der Waals surface area (Å²) in [5.74, 6) is 0.758. The van der Waals surface area contributed by atoms with Crippen molar-refractivity contribution in [2.24, 2.45) is 5.92 Å². The summed E-state index contributed by atoms with van der Waals surface area (Å²) in [6.45, 7) is 6.47. The number of hydrogen-bond acceptors (Lipinski definition) is 3. The van der Waals surface area contributed by atoms with Gasteiger partial charge in [0.05, 0.1) is 0 Å². The first-order valence-electron chi connectivity index (χ1n) is 5.68. The first-order chi connectivity index (χ1) is 7.91. The van der Waals surface area contributed by atoms with Crippen LogP contribution in [0.2, 0.25) is 0 Å². The molecule has 0 bridgehead atoms. The second kappa shape index (κ2) is 6.43. The average molecular weight is 256 g/mol. The van der Waals surface area contributed by atoms with Crippen molar-refractivity contribution in [3.05, 3.63) is 29.6 Å². The Balaban J connectivity index is 2.69. The predicted molar refractivity (Wildman–Crippen MR) is 71.8 cm³/mol. The molecule has 1 rings (SSSR count). The van der Waals surface area contributed by atoms with Crippen molar-refractivity contribution < 1.29 is 14.4 Å². The molecule has 17 heavy (non-hydrogen) atoms. The van der Waals surface area contributed by atoms with Gasteiger partial charge < -0.3 is 10.0 Å². The Bertz CT molecular complexity index is 372. The smallest absolute Gasteiger partial charge is 0.423 e. The zero-order valence-electron chi connectivity index (χ0n) is 10.4. The maximum atomic E-state index is 13.2. The number of benzene rings is 1. The lowest BCUT2D eigenvalue weighted by molar-refractivity contribution is 0.423. The van der Waals surface area contributed by atoms with Crippen molar-refractivity contribution in [3.63, 3.8) is 0 Å². The molecule has 0 aliphatic heterocycles. The van der Waals surface area contributed by atoms with Crippen molar-refractivity contribution in [3.8, 4) is 0 Å². The Morgan fingerprint density at radius 1 is 1.29 bits per heavy atom. The third-order valence-corrected chi connectivity index (χ3v) is 4.36. The Hall–Kier alpha value is -0.515. The van der Waals surface area contributed by atoms with Gasteiger partial charge >= 0.3 is 7.12 Å². The lowest BCUT2D eigenvalue weighted by Crippen LogP contribution is -2.33. The average Bonchev–Trinajstić information content (AvgIpc) is 2.26. The van der Waals surface area contributed by atoms with Gasteiger partial charge in [-0.15, -0.1) is 0 Å². The van der Waals surface area contributed by atoms with E-state index in [-0.39, 0.29) is 5.46 Å². The second-order valence-electron chi connectivity index (χ2n) is 4.49. The maximum absolute atomic E-state index is 13.2. The Morgan fingerprint density at radius 3 is 2.47 bits per heavy atom. The van der Waals surface area contributed by atoms with E-state index in [0.29, 0.717) is 11.2 Å². The third kappa shape index (κ3) is 4.34. The van der Waals surface area contributed by atoms with Crippen LogP contribution in [0.15, 0.2) is 18.2 Å². The summed E-state index contributed by atoms with van der Waals surface area (Å²) in [7, 11) is -1.75. The highest BCUT2D eigenvalue weighted by Crippen LogP contribution is 2.22. The molecule has 0 fully saturated rings. The molecule has 0 aliphatic carbocycles. The topological polar surface area (TPSA) is 40.5 Å². The monoisotopic (exact) mass is 256 g/mol. The van der Waals surface area contributed by atoms with E-state index in [0.717, 1.165) is 11.3 Å². The molecule has 0 radical (unpaired) electrons. The number of halogens is 1. The summed E-state index contributed by atoms with van der Waals surface area (Å²) in [5.41, 5.74) is 0.854. The molecular weight excluding hydrogens is 238 g/mol. The summed E-state index contributed by atoms with van der Waals surface area (Å²) in [5, 5.41) is 18.5. The van der Waals surface area contributed by atoms with Crippen molar-refractivity contribution in [1.82, 2.24) is 0 Å². The molecule has 5 heteroatoms. The summed E-state index contributed by atoms with van der Waals surface area (Å²) >= 11 is 1.78. The van der Waals surface area contributed by atoms with Gasteiger partial charge in [-0.2, -0.15) is 11.8 Å². The molecular formula is C12H18BFO2S. The van der Waals surface area contributed by atoms with E-state index < -0.39 is 12.9 Å². The van der Waals surface area contributed by atoms with Crippen LogP contribution < -0.4 is 5.46 Å². The lowest BCUT2D eigenvalue weighted by atomic mass is 9.79. The van der Waals surface area contributed by atoms with E-state index in [1.807, 2.05) is 0 Å². The van der Waals surface area contributed by atoms with Crippen LogP contribution in [0.4, 0.5) is 4.39 Å². The fraction of sp³-hybridized carbons (Fsp3) is 0.500. The van der Waals surface area contributed by atoms with Crippen molar-refractivity contribution in [2.45, 2.75) is 31.8 Å². The molecule has 0 saturated carbocycles. The summed E-state index contributed by atoms with van der Waals surface area (Å²) in [6.07, 6.45) is 0. The van der Waals surface area contributed by atoms with E-state index >= 15 is 0 Å². The van der Waals surface area contributed by atoms with Crippen molar-refractivity contribution in [1.29, 1.82) is 0 Å². The lowest BCUT2D eigenvalue weighted by Gasteiger charge is -2.15. The standard InChI is InChI=1S/C12H18BFO2S/c1-8(2)9(3)17-7-10-4-5-12(14)11(6-10)13(15)16/h4-6,8-9,15-16H,7H2,1-3H3. The first kappa shape index (κ1) is 14.5. The molecule has 94 valence electrons. The van der Waals surface area contributed by atoms with Crippen molar-refractivity contribution >= 4 is 24.3 Å². The molecule has 0 spiro atoms. The third-order valence-electron chi connectivity index (χ3n) is 2.79. The van der Waals surface area contributed by atoms with Crippen LogP contribution in [-0.4, -0.2) is 22.4 Å². The Kier molecular flexibility index (Phi) is 5.50. The molecule has 0 aliphatic rings. The van der Waals surface area contributed by atoms with Gasteiger partial charge in [0.2, 0.25) is 0 Å². The van der Waals surface area contributed by atoms with Crippen LogP contribution in [0, 0.1) is 11.7 Å². The van der Waals surface area contributed by atoms with Crippen LogP contribution >= 0.6 is 11.8 Å². The normalized spacial score (nSPS) is 12.9.